The maximum Gasteiger partial charge on any atom is 0.323 e. The molecule has 2 rings (SSSR count). The lowest BCUT2D eigenvalue weighted by atomic mass is 10.1. The SMILES string of the molecule is N#Cc1cc(Br)ccc1N(CC(=O)O)C1CCS(=O)(=O)C1. The molecule has 0 aromatic heterocycles. The van der Waals surface area contributed by atoms with Gasteiger partial charge in [-0.05, 0) is 24.6 Å². The Morgan fingerprint density at radius 2 is 2.24 bits per heavy atom. The van der Waals surface area contributed by atoms with Crippen LogP contribution >= 0.6 is 15.9 Å². The molecule has 1 aromatic carbocycles. The van der Waals surface area contributed by atoms with E-state index in [-0.39, 0.29) is 18.1 Å². The molecule has 1 unspecified atom stereocenters. The lowest BCUT2D eigenvalue weighted by Gasteiger charge is -2.29. The third-order valence-corrected chi connectivity index (χ3v) is 5.59. The molecular weight excluding hydrogens is 360 g/mol. The maximum absolute atomic E-state index is 11.6. The second-order valence-electron chi connectivity index (χ2n) is 4.85. The zero-order valence-electron chi connectivity index (χ0n) is 11.0. The molecule has 1 atom stereocenters. The number of aliphatic carboxylic acids is 1. The number of sulfone groups is 1. The zero-order valence-corrected chi connectivity index (χ0v) is 13.4. The number of carbonyl (C=O) groups is 1. The van der Waals surface area contributed by atoms with Crippen LogP contribution < -0.4 is 4.90 Å². The van der Waals surface area contributed by atoms with Crippen LogP contribution in [0.3, 0.4) is 0 Å². The summed E-state index contributed by atoms with van der Waals surface area (Å²) in [5.41, 5.74) is 0.764. The molecule has 8 heteroatoms. The standard InChI is InChI=1S/C13H13BrN2O4S/c14-10-1-2-12(9(5-10)6-15)16(7-13(17)18)11-3-4-21(19,20)8-11/h1-2,5,11H,3-4,7-8H2,(H,17,18). The first-order valence-corrected chi connectivity index (χ1v) is 8.82. The minimum atomic E-state index is -3.14. The first kappa shape index (κ1) is 15.8. The van der Waals surface area contributed by atoms with Crippen LogP contribution in [0.5, 0.6) is 0 Å². The molecule has 0 radical (unpaired) electrons. The second kappa shape index (κ2) is 6.03. The number of anilines is 1. The van der Waals surface area contributed by atoms with E-state index in [0.717, 1.165) is 0 Å². The fraction of sp³-hybridized carbons (Fsp3) is 0.385. The molecule has 0 aliphatic carbocycles. The number of carboxylic acid groups (broad SMARTS) is 1. The van der Waals surface area contributed by atoms with Gasteiger partial charge in [0, 0.05) is 10.5 Å². The largest absolute Gasteiger partial charge is 0.480 e. The molecule has 0 bridgehead atoms. The maximum atomic E-state index is 11.6. The molecule has 1 aliphatic rings. The predicted octanol–water partition coefficient (Wildman–Crippen LogP) is 1.40. The van der Waals surface area contributed by atoms with Crippen molar-refractivity contribution in [3.05, 3.63) is 28.2 Å². The minimum absolute atomic E-state index is 0.0478. The van der Waals surface area contributed by atoms with Crippen LogP contribution in [0.25, 0.3) is 0 Å². The molecule has 0 spiro atoms. The third kappa shape index (κ3) is 3.74. The van der Waals surface area contributed by atoms with E-state index in [9.17, 15) is 18.5 Å². The number of carboxylic acids is 1. The summed E-state index contributed by atoms with van der Waals surface area (Å²) in [6, 6.07) is 6.53. The monoisotopic (exact) mass is 372 g/mol. The van der Waals surface area contributed by atoms with Crippen molar-refractivity contribution in [2.45, 2.75) is 12.5 Å². The van der Waals surface area contributed by atoms with Gasteiger partial charge in [-0.3, -0.25) is 4.79 Å². The first-order chi connectivity index (χ1) is 9.82. The van der Waals surface area contributed by atoms with E-state index >= 15 is 0 Å². The highest BCUT2D eigenvalue weighted by Gasteiger charge is 2.34. The van der Waals surface area contributed by atoms with Crippen LogP contribution in [0.1, 0.15) is 12.0 Å². The van der Waals surface area contributed by atoms with Crippen molar-refractivity contribution in [3.63, 3.8) is 0 Å². The first-order valence-electron chi connectivity index (χ1n) is 6.21. The highest BCUT2D eigenvalue weighted by molar-refractivity contribution is 9.10. The number of hydrogen-bond donors (Lipinski definition) is 1. The van der Waals surface area contributed by atoms with Gasteiger partial charge in [-0.1, -0.05) is 15.9 Å². The van der Waals surface area contributed by atoms with E-state index < -0.39 is 21.8 Å². The molecular formula is C13H13BrN2O4S. The van der Waals surface area contributed by atoms with Gasteiger partial charge in [0.1, 0.15) is 12.6 Å². The van der Waals surface area contributed by atoms with Gasteiger partial charge in [-0.2, -0.15) is 5.26 Å². The molecule has 1 N–H and O–H groups in total. The van der Waals surface area contributed by atoms with Crippen molar-refractivity contribution in [2.75, 3.05) is 23.0 Å². The van der Waals surface area contributed by atoms with E-state index in [4.69, 9.17) is 5.11 Å². The number of nitriles is 1. The summed E-state index contributed by atoms with van der Waals surface area (Å²) in [5, 5.41) is 18.3. The van der Waals surface area contributed by atoms with Crippen molar-refractivity contribution in [2.24, 2.45) is 0 Å². The number of benzene rings is 1. The van der Waals surface area contributed by atoms with Gasteiger partial charge in [-0.25, -0.2) is 8.42 Å². The van der Waals surface area contributed by atoms with E-state index in [1.54, 1.807) is 18.2 Å². The van der Waals surface area contributed by atoms with Gasteiger partial charge in [-0.15, -0.1) is 0 Å². The molecule has 1 aliphatic heterocycles. The van der Waals surface area contributed by atoms with Crippen LogP contribution in [-0.2, 0) is 14.6 Å². The summed E-state index contributed by atoms with van der Waals surface area (Å²) in [7, 11) is -3.14. The van der Waals surface area contributed by atoms with E-state index in [2.05, 4.69) is 15.9 Å². The molecule has 1 saturated heterocycles. The van der Waals surface area contributed by atoms with Crippen LogP contribution in [0.2, 0.25) is 0 Å². The summed E-state index contributed by atoms with van der Waals surface area (Å²) >= 11 is 3.26. The van der Waals surface area contributed by atoms with Crippen molar-refractivity contribution < 1.29 is 18.3 Å². The Bertz CT molecular complexity index is 711. The molecule has 21 heavy (non-hydrogen) atoms. The molecule has 0 amide bonds. The van der Waals surface area contributed by atoms with Gasteiger partial charge in [0.15, 0.2) is 9.84 Å². The predicted molar refractivity (Wildman–Crippen MR) is 80.9 cm³/mol. The quantitative estimate of drug-likeness (QED) is 0.857. The lowest BCUT2D eigenvalue weighted by Crippen LogP contribution is -2.40. The number of nitrogens with zero attached hydrogens (tertiary/aromatic N) is 2. The normalized spacial score (nSPS) is 19.9. The summed E-state index contributed by atoms with van der Waals surface area (Å²) in [6.45, 7) is -0.337. The molecule has 1 heterocycles. The van der Waals surface area contributed by atoms with Crippen LogP contribution in [0, 0.1) is 11.3 Å². The van der Waals surface area contributed by atoms with Crippen molar-refractivity contribution in [1.82, 2.24) is 0 Å². The number of halogens is 1. The molecule has 6 nitrogen and oxygen atoms in total. The fourth-order valence-electron chi connectivity index (χ4n) is 2.43. The van der Waals surface area contributed by atoms with Crippen molar-refractivity contribution in [1.29, 1.82) is 5.26 Å². The summed E-state index contributed by atoms with van der Waals surface area (Å²) < 4.78 is 24.0. The van der Waals surface area contributed by atoms with E-state index in [0.29, 0.717) is 22.1 Å². The average Bonchev–Trinajstić information content (AvgIpc) is 2.76. The molecule has 1 fully saturated rings. The van der Waals surface area contributed by atoms with Crippen LogP contribution in [-0.4, -0.2) is 43.6 Å². The van der Waals surface area contributed by atoms with Gasteiger partial charge >= 0.3 is 5.97 Å². The number of hydrogen-bond acceptors (Lipinski definition) is 5. The Hall–Kier alpha value is -1.59. The van der Waals surface area contributed by atoms with Crippen LogP contribution in [0.15, 0.2) is 22.7 Å². The van der Waals surface area contributed by atoms with Gasteiger partial charge in [0.25, 0.3) is 0 Å². The minimum Gasteiger partial charge on any atom is -0.480 e. The topological polar surface area (TPSA) is 98.5 Å². The van der Waals surface area contributed by atoms with E-state index in [1.165, 1.54) is 4.90 Å². The van der Waals surface area contributed by atoms with E-state index in [1.807, 2.05) is 6.07 Å². The Balaban J connectivity index is 2.42. The number of rotatable bonds is 4. The summed E-state index contributed by atoms with van der Waals surface area (Å²) in [6.07, 6.45) is 0.372. The van der Waals surface area contributed by atoms with Crippen molar-refractivity contribution in [3.8, 4) is 6.07 Å². The zero-order chi connectivity index (χ0) is 15.6. The highest BCUT2D eigenvalue weighted by atomic mass is 79.9. The van der Waals surface area contributed by atoms with Gasteiger partial charge in [0.2, 0.25) is 0 Å². The lowest BCUT2D eigenvalue weighted by molar-refractivity contribution is -0.135. The van der Waals surface area contributed by atoms with Crippen LogP contribution in [0.4, 0.5) is 5.69 Å². The Kier molecular flexibility index (Phi) is 4.54. The Labute approximate surface area is 131 Å². The second-order valence-corrected chi connectivity index (χ2v) is 8.00. The smallest absolute Gasteiger partial charge is 0.323 e. The fourth-order valence-corrected chi connectivity index (χ4v) is 4.52. The summed E-state index contributed by atoms with van der Waals surface area (Å²) in [4.78, 5) is 12.6. The Morgan fingerprint density at radius 3 is 2.76 bits per heavy atom. The molecule has 0 saturated carbocycles. The average molecular weight is 373 g/mol. The molecule has 1 aromatic rings. The summed E-state index contributed by atoms with van der Waals surface area (Å²) in [5.74, 6) is -1.10. The third-order valence-electron chi connectivity index (χ3n) is 3.34. The Morgan fingerprint density at radius 1 is 1.52 bits per heavy atom. The van der Waals surface area contributed by atoms with Gasteiger partial charge < -0.3 is 10.0 Å². The molecule has 112 valence electrons. The van der Waals surface area contributed by atoms with Crippen molar-refractivity contribution >= 4 is 37.4 Å². The van der Waals surface area contributed by atoms with Gasteiger partial charge in [0.05, 0.1) is 22.8 Å². The highest BCUT2D eigenvalue weighted by Crippen LogP contribution is 2.29.